The van der Waals surface area contributed by atoms with Crippen molar-refractivity contribution >= 4 is 0 Å². The summed E-state index contributed by atoms with van der Waals surface area (Å²) in [5.41, 5.74) is 0.225. The summed E-state index contributed by atoms with van der Waals surface area (Å²) in [5.74, 6) is 0. The Morgan fingerprint density at radius 2 is 1.74 bits per heavy atom. The summed E-state index contributed by atoms with van der Waals surface area (Å²) >= 11 is 0. The second-order valence-corrected chi connectivity index (χ2v) is 5.11. The number of hydrogen-bond acceptors (Lipinski definition) is 1. The molecule has 1 rings (SSSR count). The highest BCUT2D eigenvalue weighted by Crippen LogP contribution is 2.33. The van der Waals surface area contributed by atoms with E-state index in [1.54, 1.807) is 6.07 Å². The molecule has 108 valence electrons. The summed E-state index contributed by atoms with van der Waals surface area (Å²) in [6.45, 7) is 5.00. The minimum Gasteiger partial charge on any atom is -0.319 e. The zero-order valence-corrected chi connectivity index (χ0v) is 11.8. The molecule has 19 heavy (non-hydrogen) atoms. The Morgan fingerprint density at radius 1 is 1.11 bits per heavy atom. The molecule has 0 heterocycles. The van der Waals surface area contributed by atoms with Crippen LogP contribution in [0.15, 0.2) is 24.3 Å². The highest BCUT2D eigenvalue weighted by molar-refractivity contribution is 5.26. The van der Waals surface area contributed by atoms with E-state index in [2.05, 4.69) is 19.2 Å². The van der Waals surface area contributed by atoms with E-state index in [0.29, 0.717) is 6.42 Å². The first-order chi connectivity index (χ1) is 8.87. The molecule has 1 N–H and O–H groups in total. The van der Waals surface area contributed by atoms with E-state index in [1.807, 2.05) is 7.05 Å². The molecule has 0 amide bonds. The Kier molecular flexibility index (Phi) is 5.41. The van der Waals surface area contributed by atoms with E-state index in [-0.39, 0.29) is 5.41 Å². The predicted octanol–water partition coefficient (Wildman–Crippen LogP) is 4.27. The van der Waals surface area contributed by atoms with Gasteiger partial charge in [-0.25, -0.2) is 0 Å². The molecule has 0 radical (unpaired) electrons. The van der Waals surface area contributed by atoms with Gasteiger partial charge in [-0.3, -0.25) is 0 Å². The molecule has 0 aliphatic carbocycles. The van der Waals surface area contributed by atoms with Crippen LogP contribution in [0.3, 0.4) is 0 Å². The van der Waals surface area contributed by atoms with Crippen LogP contribution < -0.4 is 5.32 Å². The van der Waals surface area contributed by atoms with Gasteiger partial charge in [-0.2, -0.15) is 13.2 Å². The fourth-order valence-corrected chi connectivity index (χ4v) is 2.48. The first-order valence-corrected chi connectivity index (χ1v) is 6.67. The van der Waals surface area contributed by atoms with Crippen LogP contribution in [0.1, 0.15) is 37.8 Å². The number of benzene rings is 1. The van der Waals surface area contributed by atoms with Gasteiger partial charge in [-0.1, -0.05) is 32.0 Å². The van der Waals surface area contributed by atoms with E-state index < -0.39 is 11.7 Å². The van der Waals surface area contributed by atoms with Gasteiger partial charge in [-0.05, 0) is 43.4 Å². The largest absolute Gasteiger partial charge is 0.416 e. The highest BCUT2D eigenvalue weighted by Gasteiger charge is 2.31. The molecule has 0 saturated carbocycles. The van der Waals surface area contributed by atoms with Crippen molar-refractivity contribution in [2.45, 2.75) is 39.3 Å². The lowest BCUT2D eigenvalue weighted by molar-refractivity contribution is -0.137. The van der Waals surface area contributed by atoms with Crippen LogP contribution in [0.2, 0.25) is 0 Å². The van der Waals surface area contributed by atoms with Gasteiger partial charge < -0.3 is 5.32 Å². The number of nitrogens with one attached hydrogen (secondary N) is 1. The van der Waals surface area contributed by atoms with Crippen molar-refractivity contribution in [2.24, 2.45) is 5.41 Å². The molecule has 0 unspecified atom stereocenters. The smallest absolute Gasteiger partial charge is 0.319 e. The minimum atomic E-state index is -4.26. The fraction of sp³-hybridized carbons (Fsp3) is 0.600. The van der Waals surface area contributed by atoms with E-state index in [1.165, 1.54) is 12.1 Å². The third-order valence-corrected chi connectivity index (χ3v) is 3.89. The maximum atomic E-state index is 12.7. The van der Waals surface area contributed by atoms with E-state index in [0.717, 1.165) is 31.0 Å². The van der Waals surface area contributed by atoms with Crippen LogP contribution >= 0.6 is 0 Å². The molecule has 0 atom stereocenters. The quantitative estimate of drug-likeness (QED) is 0.816. The lowest BCUT2D eigenvalue weighted by atomic mass is 9.76. The van der Waals surface area contributed by atoms with Gasteiger partial charge in [0.05, 0.1) is 5.56 Å². The molecule has 0 aliphatic heterocycles. The van der Waals surface area contributed by atoms with Gasteiger partial charge in [0.25, 0.3) is 0 Å². The van der Waals surface area contributed by atoms with Crippen LogP contribution in [0.4, 0.5) is 13.2 Å². The van der Waals surface area contributed by atoms with Gasteiger partial charge in [-0.15, -0.1) is 0 Å². The van der Waals surface area contributed by atoms with Crippen molar-refractivity contribution in [1.82, 2.24) is 5.32 Å². The lowest BCUT2D eigenvalue weighted by Crippen LogP contribution is -2.33. The van der Waals surface area contributed by atoms with Crippen LogP contribution in [-0.4, -0.2) is 13.6 Å². The van der Waals surface area contributed by atoms with Crippen LogP contribution in [0.25, 0.3) is 0 Å². The SMILES string of the molecule is CCC(CC)(CNC)Cc1cccc(C(F)(F)F)c1. The molecule has 0 bridgehead atoms. The topological polar surface area (TPSA) is 12.0 Å². The number of alkyl halides is 3. The summed E-state index contributed by atoms with van der Waals surface area (Å²) in [7, 11) is 1.88. The zero-order valence-electron chi connectivity index (χ0n) is 11.8. The number of rotatable bonds is 6. The lowest BCUT2D eigenvalue weighted by Gasteiger charge is -2.32. The molecular weight excluding hydrogens is 251 g/mol. The van der Waals surface area contributed by atoms with Crippen molar-refractivity contribution in [1.29, 1.82) is 0 Å². The fourth-order valence-electron chi connectivity index (χ4n) is 2.48. The van der Waals surface area contributed by atoms with Gasteiger partial charge in [0.1, 0.15) is 0 Å². The maximum absolute atomic E-state index is 12.7. The minimum absolute atomic E-state index is 0.0268. The first kappa shape index (κ1) is 16.0. The van der Waals surface area contributed by atoms with Crippen molar-refractivity contribution < 1.29 is 13.2 Å². The second-order valence-electron chi connectivity index (χ2n) is 5.11. The summed E-state index contributed by atoms with van der Waals surface area (Å²) in [6.07, 6.45) is -1.70. The highest BCUT2D eigenvalue weighted by atomic mass is 19.4. The Bertz CT molecular complexity index is 395. The Balaban J connectivity index is 2.97. The average molecular weight is 273 g/mol. The summed E-state index contributed by atoms with van der Waals surface area (Å²) in [5, 5.41) is 3.15. The molecule has 0 saturated heterocycles. The molecule has 1 aromatic carbocycles. The first-order valence-electron chi connectivity index (χ1n) is 6.67. The Hall–Kier alpha value is -1.03. The van der Waals surface area contributed by atoms with Gasteiger partial charge >= 0.3 is 6.18 Å². The van der Waals surface area contributed by atoms with Gasteiger partial charge in [0.2, 0.25) is 0 Å². The van der Waals surface area contributed by atoms with Crippen molar-refractivity contribution in [3.63, 3.8) is 0 Å². The maximum Gasteiger partial charge on any atom is 0.416 e. The van der Waals surface area contributed by atoms with Crippen LogP contribution in [-0.2, 0) is 12.6 Å². The second kappa shape index (κ2) is 6.42. The number of halogens is 3. The summed E-state index contributed by atoms with van der Waals surface area (Å²) in [4.78, 5) is 0. The average Bonchev–Trinajstić information content (AvgIpc) is 2.37. The summed E-state index contributed by atoms with van der Waals surface area (Å²) < 4.78 is 38.1. The van der Waals surface area contributed by atoms with Crippen LogP contribution in [0, 0.1) is 5.41 Å². The monoisotopic (exact) mass is 273 g/mol. The molecule has 0 fully saturated rings. The molecular formula is C15H22F3N. The molecule has 0 aliphatic rings. The van der Waals surface area contributed by atoms with E-state index >= 15 is 0 Å². The molecule has 0 spiro atoms. The zero-order chi connectivity index (χ0) is 14.5. The third-order valence-electron chi connectivity index (χ3n) is 3.89. The van der Waals surface area contributed by atoms with Crippen molar-refractivity contribution in [3.05, 3.63) is 35.4 Å². The standard InChI is InChI=1S/C15H22F3N/c1-4-14(5-2,11-19-3)10-12-7-6-8-13(9-12)15(16,17)18/h6-9,19H,4-5,10-11H2,1-3H3. The van der Waals surface area contributed by atoms with E-state index in [9.17, 15) is 13.2 Å². The van der Waals surface area contributed by atoms with Gasteiger partial charge in [0, 0.05) is 6.54 Å². The number of hydrogen-bond donors (Lipinski definition) is 1. The summed E-state index contributed by atoms with van der Waals surface area (Å²) in [6, 6.07) is 5.68. The van der Waals surface area contributed by atoms with Crippen molar-refractivity contribution in [3.8, 4) is 0 Å². The Morgan fingerprint density at radius 3 is 2.21 bits per heavy atom. The van der Waals surface area contributed by atoms with Crippen molar-refractivity contribution in [2.75, 3.05) is 13.6 Å². The van der Waals surface area contributed by atoms with E-state index in [4.69, 9.17) is 0 Å². The predicted molar refractivity (Wildman–Crippen MR) is 72.1 cm³/mol. The van der Waals surface area contributed by atoms with Gasteiger partial charge in [0.15, 0.2) is 0 Å². The molecule has 1 nitrogen and oxygen atoms in total. The molecule has 1 aromatic rings. The Labute approximate surface area is 113 Å². The third kappa shape index (κ3) is 4.23. The normalized spacial score (nSPS) is 12.7. The van der Waals surface area contributed by atoms with Crippen LogP contribution in [0.5, 0.6) is 0 Å². The molecule has 0 aromatic heterocycles. The molecule has 4 heteroatoms.